The van der Waals surface area contributed by atoms with Gasteiger partial charge in [-0.3, -0.25) is 19.9 Å². The average Bonchev–Trinajstić information content (AvgIpc) is 3.27. The van der Waals surface area contributed by atoms with Gasteiger partial charge < -0.3 is 10.2 Å². The standard InChI is InChI=1S/C25H29F3N6O2/c1-18-7-8-19(12-29)11-22(18)34(10-9-30-17-25(26,27)28)24(36)14-31-13-23(35)32(2)33-15-20-5-3-4-6-21(20)16-33/h3-8,11,30-31H,9-10,13-17H2,1-2H3. The molecule has 1 heterocycles. The molecule has 0 saturated carbocycles. The number of rotatable bonds is 10. The zero-order valence-electron chi connectivity index (χ0n) is 20.2. The molecule has 2 N–H and O–H groups in total. The van der Waals surface area contributed by atoms with E-state index in [4.69, 9.17) is 0 Å². The van der Waals surface area contributed by atoms with Gasteiger partial charge in [0.1, 0.15) is 0 Å². The summed E-state index contributed by atoms with van der Waals surface area (Å²) in [7, 11) is 1.67. The molecule has 8 nitrogen and oxygen atoms in total. The van der Waals surface area contributed by atoms with Crippen molar-refractivity contribution >= 4 is 17.5 Å². The van der Waals surface area contributed by atoms with Crippen molar-refractivity contribution in [3.8, 4) is 6.07 Å². The molecule has 0 saturated heterocycles. The van der Waals surface area contributed by atoms with Gasteiger partial charge in [0.05, 0.1) is 31.3 Å². The predicted molar refractivity (Wildman–Crippen MR) is 129 cm³/mol. The topological polar surface area (TPSA) is 91.7 Å². The van der Waals surface area contributed by atoms with E-state index in [1.807, 2.05) is 35.3 Å². The first kappa shape index (κ1) is 27.1. The maximum absolute atomic E-state index is 13.0. The van der Waals surface area contributed by atoms with Crippen LogP contribution in [-0.2, 0) is 22.7 Å². The minimum atomic E-state index is -4.36. The molecule has 1 aliphatic heterocycles. The maximum atomic E-state index is 13.0. The summed E-state index contributed by atoms with van der Waals surface area (Å²) in [5, 5.41) is 17.8. The van der Waals surface area contributed by atoms with Crippen molar-refractivity contribution in [1.29, 1.82) is 5.26 Å². The molecule has 0 radical (unpaired) electrons. The van der Waals surface area contributed by atoms with Crippen LogP contribution in [0.3, 0.4) is 0 Å². The second-order valence-electron chi connectivity index (χ2n) is 8.56. The second kappa shape index (κ2) is 12.0. The smallest absolute Gasteiger partial charge is 0.310 e. The Morgan fingerprint density at radius 2 is 1.69 bits per heavy atom. The zero-order chi connectivity index (χ0) is 26.3. The van der Waals surface area contributed by atoms with Gasteiger partial charge in [-0.05, 0) is 35.7 Å². The highest BCUT2D eigenvalue weighted by Gasteiger charge is 2.27. The predicted octanol–water partition coefficient (Wildman–Crippen LogP) is 2.33. The Morgan fingerprint density at radius 3 is 2.31 bits per heavy atom. The lowest BCUT2D eigenvalue weighted by Crippen LogP contribution is -2.47. The number of hydrogen-bond donors (Lipinski definition) is 2. The van der Waals surface area contributed by atoms with Crippen LogP contribution in [0.5, 0.6) is 0 Å². The van der Waals surface area contributed by atoms with E-state index >= 15 is 0 Å². The first-order chi connectivity index (χ1) is 17.1. The Hall–Kier alpha value is -3.46. The molecule has 0 aromatic heterocycles. The minimum absolute atomic E-state index is 0.0355. The molecule has 0 bridgehead atoms. The van der Waals surface area contributed by atoms with Gasteiger partial charge in [0, 0.05) is 38.9 Å². The molecule has 192 valence electrons. The van der Waals surface area contributed by atoms with E-state index in [9.17, 15) is 28.0 Å². The van der Waals surface area contributed by atoms with Crippen molar-refractivity contribution in [3.63, 3.8) is 0 Å². The quantitative estimate of drug-likeness (QED) is 0.485. The van der Waals surface area contributed by atoms with Gasteiger partial charge in [-0.1, -0.05) is 30.3 Å². The van der Waals surface area contributed by atoms with Gasteiger partial charge in [-0.2, -0.15) is 18.4 Å². The Labute approximate surface area is 208 Å². The largest absolute Gasteiger partial charge is 0.401 e. The number of benzene rings is 2. The fourth-order valence-corrected chi connectivity index (χ4v) is 3.94. The molecule has 11 heteroatoms. The number of likely N-dealkylation sites (N-methyl/N-ethyl adjacent to an activating group) is 1. The lowest BCUT2D eigenvalue weighted by molar-refractivity contribution is -0.145. The molecule has 0 unspecified atom stereocenters. The van der Waals surface area contributed by atoms with Crippen molar-refractivity contribution in [2.45, 2.75) is 26.2 Å². The Morgan fingerprint density at radius 1 is 1.06 bits per heavy atom. The molecular formula is C25H29F3N6O2. The van der Waals surface area contributed by atoms with E-state index in [1.165, 1.54) is 16.0 Å². The van der Waals surface area contributed by atoms with E-state index in [2.05, 4.69) is 10.6 Å². The third-order valence-electron chi connectivity index (χ3n) is 5.93. The van der Waals surface area contributed by atoms with Crippen LogP contribution in [0.1, 0.15) is 22.3 Å². The van der Waals surface area contributed by atoms with E-state index in [0.717, 1.165) is 11.1 Å². The number of fused-ring (bicyclic) bond motifs is 1. The third kappa shape index (κ3) is 7.27. The molecule has 1 aliphatic rings. The number of carbonyl (C=O) groups excluding carboxylic acids is 2. The van der Waals surface area contributed by atoms with Crippen LogP contribution in [-0.4, -0.2) is 67.8 Å². The summed E-state index contributed by atoms with van der Waals surface area (Å²) >= 11 is 0. The minimum Gasteiger partial charge on any atom is -0.310 e. The number of anilines is 1. The molecule has 2 amide bonds. The summed E-state index contributed by atoms with van der Waals surface area (Å²) in [4.78, 5) is 27.1. The van der Waals surface area contributed by atoms with Gasteiger partial charge in [-0.25, -0.2) is 5.01 Å². The molecule has 0 atom stereocenters. The fraction of sp³-hybridized carbons (Fsp3) is 0.400. The Kier molecular flexibility index (Phi) is 9.03. The van der Waals surface area contributed by atoms with Crippen LogP contribution >= 0.6 is 0 Å². The summed E-state index contributed by atoms with van der Waals surface area (Å²) in [5.74, 6) is -0.650. The number of nitrogens with zero attached hydrogens (tertiary/aromatic N) is 4. The Bertz CT molecular complexity index is 1110. The van der Waals surface area contributed by atoms with Gasteiger partial charge in [0.25, 0.3) is 5.91 Å². The summed E-state index contributed by atoms with van der Waals surface area (Å²) in [6.07, 6.45) is -4.36. The molecule has 0 aliphatic carbocycles. The van der Waals surface area contributed by atoms with Crippen LogP contribution in [0.4, 0.5) is 18.9 Å². The van der Waals surface area contributed by atoms with Gasteiger partial charge >= 0.3 is 6.18 Å². The average molecular weight is 503 g/mol. The summed E-state index contributed by atoms with van der Waals surface area (Å²) in [6, 6.07) is 14.8. The molecule has 3 rings (SSSR count). The number of nitrogens with one attached hydrogen (secondary N) is 2. The monoisotopic (exact) mass is 502 g/mol. The summed E-state index contributed by atoms with van der Waals surface area (Å²) in [5.41, 5.74) is 3.78. The molecule has 0 fully saturated rings. The van der Waals surface area contributed by atoms with E-state index < -0.39 is 18.6 Å². The zero-order valence-corrected chi connectivity index (χ0v) is 20.2. The van der Waals surface area contributed by atoms with E-state index in [1.54, 1.807) is 26.1 Å². The molecule has 36 heavy (non-hydrogen) atoms. The highest BCUT2D eigenvalue weighted by molar-refractivity contribution is 5.96. The van der Waals surface area contributed by atoms with Crippen molar-refractivity contribution in [2.24, 2.45) is 0 Å². The van der Waals surface area contributed by atoms with Crippen LogP contribution in [0.15, 0.2) is 42.5 Å². The normalized spacial score (nSPS) is 13.2. The van der Waals surface area contributed by atoms with E-state index in [0.29, 0.717) is 29.9 Å². The fourth-order valence-electron chi connectivity index (χ4n) is 3.94. The van der Waals surface area contributed by atoms with Crippen LogP contribution < -0.4 is 15.5 Å². The van der Waals surface area contributed by atoms with Crippen molar-refractivity contribution in [1.82, 2.24) is 20.7 Å². The number of nitriles is 1. The maximum Gasteiger partial charge on any atom is 0.401 e. The number of halogens is 3. The highest BCUT2D eigenvalue weighted by atomic mass is 19.4. The van der Waals surface area contributed by atoms with Crippen LogP contribution in [0, 0.1) is 18.3 Å². The number of amides is 2. The molecular weight excluding hydrogens is 473 g/mol. The first-order valence-corrected chi connectivity index (χ1v) is 11.5. The Balaban J connectivity index is 1.58. The van der Waals surface area contributed by atoms with Crippen LogP contribution in [0.2, 0.25) is 0 Å². The van der Waals surface area contributed by atoms with Crippen molar-refractivity contribution in [3.05, 3.63) is 64.7 Å². The van der Waals surface area contributed by atoms with Gasteiger partial charge in [0.15, 0.2) is 0 Å². The first-order valence-electron chi connectivity index (χ1n) is 11.5. The number of alkyl halides is 3. The highest BCUT2D eigenvalue weighted by Crippen LogP contribution is 2.23. The second-order valence-corrected chi connectivity index (χ2v) is 8.56. The summed E-state index contributed by atoms with van der Waals surface area (Å²) < 4.78 is 37.5. The molecule has 2 aromatic carbocycles. The molecule has 2 aromatic rings. The van der Waals surface area contributed by atoms with Gasteiger partial charge in [0.2, 0.25) is 5.91 Å². The summed E-state index contributed by atoms with van der Waals surface area (Å²) in [6.45, 7) is 1.38. The van der Waals surface area contributed by atoms with E-state index in [-0.39, 0.29) is 32.1 Å². The lowest BCUT2D eigenvalue weighted by Gasteiger charge is -2.28. The molecule has 0 spiro atoms. The number of hydrazine groups is 1. The number of carbonyl (C=O) groups is 2. The third-order valence-corrected chi connectivity index (χ3v) is 5.93. The lowest BCUT2D eigenvalue weighted by atomic mass is 10.1. The number of aryl methyl sites for hydroxylation is 1. The van der Waals surface area contributed by atoms with Crippen molar-refractivity contribution in [2.75, 3.05) is 44.7 Å². The van der Waals surface area contributed by atoms with Gasteiger partial charge in [-0.15, -0.1) is 0 Å². The van der Waals surface area contributed by atoms with Crippen LogP contribution in [0.25, 0.3) is 0 Å². The number of hydrogen-bond acceptors (Lipinski definition) is 6. The SMILES string of the molecule is Cc1ccc(C#N)cc1N(CCNCC(F)(F)F)C(=O)CNCC(=O)N(C)N1Cc2ccccc2C1. The van der Waals surface area contributed by atoms with Crippen molar-refractivity contribution < 1.29 is 22.8 Å².